The maximum atomic E-state index is 14.8. The van der Waals surface area contributed by atoms with Crippen molar-refractivity contribution in [1.29, 1.82) is 0 Å². The van der Waals surface area contributed by atoms with E-state index < -0.39 is 23.4 Å². The molecular weight excluding hydrogens is 511 g/mol. The molecule has 1 atom stereocenters. The molecule has 4 aromatic carbocycles. The van der Waals surface area contributed by atoms with Gasteiger partial charge in [0.25, 0.3) is 5.91 Å². The molecule has 5 rings (SSSR count). The Morgan fingerprint density at radius 3 is 2.13 bits per heavy atom. The molecule has 1 heterocycles. The number of para-hydroxylation sites is 1. The maximum Gasteiger partial charge on any atom is 0.573 e. The van der Waals surface area contributed by atoms with Crippen LogP contribution in [0.5, 0.6) is 23.0 Å². The van der Waals surface area contributed by atoms with Crippen LogP contribution in [-0.4, -0.2) is 27.6 Å². The van der Waals surface area contributed by atoms with Gasteiger partial charge in [-0.05, 0) is 67.8 Å². The van der Waals surface area contributed by atoms with Crippen LogP contribution >= 0.6 is 0 Å². The van der Waals surface area contributed by atoms with Crippen molar-refractivity contribution in [3.8, 4) is 23.0 Å². The van der Waals surface area contributed by atoms with Gasteiger partial charge in [-0.1, -0.05) is 36.4 Å². The van der Waals surface area contributed by atoms with Gasteiger partial charge < -0.3 is 20.1 Å². The minimum Gasteiger partial charge on any atom is -0.508 e. The van der Waals surface area contributed by atoms with Crippen LogP contribution in [0.4, 0.5) is 24.5 Å². The van der Waals surface area contributed by atoms with Crippen LogP contribution in [0.25, 0.3) is 0 Å². The molecule has 0 spiro atoms. The molecule has 1 aliphatic rings. The Morgan fingerprint density at radius 1 is 0.795 bits per heavy atom. The fourth-order valence-corrected chi connectivity index (χ4v) is 5.31. The third-order valence-electron chi connectivity index (χ3n) is 7.11. The van der Waals surface area contributed by atoms with E-state index in [4.69, 9.17) is 0 Å². The number of amides is 1. The number of hydrogen-bond acceptors (Lipinski definition) is 5. The lowest BCUT2D eigenvalue weighted by Gasteiger charge is -2.32. The Kier molecular flexibility index (Phi) is 5.97. The Morgan fingerprint density at radius 2 is 1.46 bits per heavy atom. The molecule has 200 valence electrons. The molecule has 0 saturated heterocycles. The van der Waals surface area contributed by atoms with Crippen LogP contribution in [-0.2, 0) is 10.2 Å². The fraction of sp³-hybridized carbons (Fsp3) is 0.167. The summed E-state index contributed by atoms with van der Waals surface area (Å²) in [6.45, 7) is 4.88. The molecule has 0 aromatic heterocycles. The first kappa shape index (κ1) is 26.0. The number of alkyl halides is 3. The Bertz CT molecular complexity index is 1610. The number of aromatic hydroxyl groups is 3. The van der Waals surface area contributed by atoms with Crippen molar-refractivity contribution in [3.05, 3.63) is 106 Å². The number of carbonyl (C=O) groups is 1. The van der Waals surface area contributed by atoms with Gasteiger partial charge in [-0.15, -0.1) is 13.2 Å². The van der Waals surface area contributed by atoms with E-state index in [0.29, 0.717) is 27.9 Å². The lowest BCUT2D eigenvalue weighted by atomic mass is 9.68. The van der Waals surface area contributed by atoms with E-state index in [-0.39, 0.29) is 34.1 Å². The predicted molar refractivity (Wildman–Crippen MR) is 139 cm³/mol. The minimum absolute atomic E-state index is 0.0487. The highest BCUT2D eigenvalue weighted by atomic mass is 19.4. The summed E-state index contributed by atoms with van der Waals surface area (Å²) in [7, 11) is 0. The summed E-state index contributed by atoms with van der Waals surface area (Å²) in [6.07, 6.45) is -4.92. The molecule has 0 fully saturated rings. The highest BCUT2D eigenvalue weighted by molar-refractivity contribution is 6.17. The Labute approximate surface area is 222 Å². The minimum atomic E-state index is -4.92. The Balaban J connectivity index is 1.85. The second kappa shape index (κ2) is 8.97. The zero-order valence-electron chi connectivity index (χ0n) is 21.2. The summed E-state index contributed by atoms with van der Waals surface area (Å²) in [6, 6.07) is 18.0. The molecule has 4 aromatic rings. The summed E-state index contributed by atoms with van der Waals surface area (Å²) in [5.74, 6) is -1.50. The first-order valence-electron chi connectivity index (χ1n) is 12.0. The number of rotatable bonds is 4. The molecule has 1 amide bonds. The van der Waals surface area contributed by atoms with Crippen molar-refractivity contribution in [2.75, 3.05) is 4.90 Å². The molecule has 0 radical (unpaired) electrons. The number of halogens is 3. The topological polar surface area (TPSA) is 90.2 Å². The molecule has 1 aliphatic heterocycles. The van der Waals surface area contributed by atoms with E-state index >= 15 is 0 Å². The molecule has 0 saturated carbocycles. The van der Waals surface area contributed by atoms with Gasteiger partial charge in [-0.3, -0.25) is 9.69 Å². The number of benzene rings is 4. The lowest BCUT2D eigenvalue weighted by molar-refractivity contribution is -0.274. The SMILES string of the molecule is Cc1cc(C2(c3ccc(O)c(C)c3O)C(=O)N(c3cccc(OC(F)(F)F)c3)c3ccccc32)cc(C)c1O. The average molecular weight is 536 g/mol. The third-order valence-corrected chi connectivity index (χ3v) is 7.11. The van der Waals surface area contributed by atoms with Crippen LogP contribution in [0.3, 0.4) is 0 Å². The average Bonchev–Trinajstić information content (AvgIpc) is 3.13. The fourth-order valence-electron chi connectivity index (χ4n) is 5.31. The van der Waals surface area contributed by atoms with E-state index in [2.05, 4.69) is 4.74 Å². The zero-order chi connectivity index (χ0) is 28.3. The molecular formula is C30H24F3NO5. The van der Waals surface area contributed by atoms with Crippen molar-refractivity contribution in [1.82, 2.24) is 0 Å². The first-order valence-corrected chi connectivity index (χ1v) is 12.0. The molecule has 3 N–H and O–H groups in total. The highest BCUT2D eigenvalue weighted by Crippen LogP contribution is 2.56. The third kappa shape index (κ3) is 4.01. The molecule has 6 nitrogen and oxygen atoms in total. The number of fused-ring (bicyclic) bond motifs is 1. The second-order valence-electron chi connectivity index (χ2n) is 9.52. The van der Waals surface area contributed by atoms with Gasteiger partial charge in [0, 0.05) is 22.8 Å². The Hall–Kier alpha value is -4.66. The van der Waals surface area contributed by atoms with Crippen molar-refractivity contribution in [2.45, 2.75) is 32.5 Å². The number of phenolic OH excluding ortho intramolecular Hbond substituents is 3. The first-order chi connectivity index (χ1) is 18.4. The monoisotopic (exact) mass is 535 g/mol. The van der Waals surface area contributed by atoms with Gasteiger partial charge in [0.2, 0.25) is 0 Å². The lowest BCUT2D eigenvalue weighted by Crippen LogP contribution is -2.40. The van der Waals surface area contributed by atoms with Crippen LogP contribution < -0.4 is 9.64 Å². The quantitative estimate of drug-likeness (QED) is 0.273. The highest BCUT2D eigenvalue weighted by Gasteiger charge is 2.55. The van der Waals surface area contributed by atoms with Crippen molar-refractivity contribution in [2.24, 2.45) is 0 Å². The van der Waals surface area contributed by atoms with Gasteiger partial charge in [-0.2, -0.15) is 0 Å². The van der Waals surface area contributed by atoms with E-state index in [9.17, 15) is 33.3 Å². The van der Waals surface area contributed by atoms with E-state index in [1.165, 1.54) is 36.1 Å². The maximum absolute atomic E-state index is 14.8. The summed E-state index contributed by atoms with van der Waals surface area (Å²) < 4.78 is 43.1. The predicted octanol–water partition coefficient (Wildman–Crippen LogP) is 6.64. The van der Waals surface area contributed by atoms with Gasteiger partial charge in [-0.25, -0.2) is 0 Å². The van der Waals surface area contributed by atoms with Gasteiger partial charge >= 0.3 is 6.36 Å². The van der Waals surface area contributed by atoms with Crippen molar-refractivity contribution >= 4 is 17.3 Å². The smallest absolute Gasteiger partial charge is 0.508 e. The number of ether oxygens (including phenoxy) is 1. The summed E-state index contributed by atoms with van der Waals surface area (Å²) in [4.78, 5) is 16.1. The van der Waals surface area contributed by atoms with Crippen LogP contribution in [0.15, 0.2) is 72.8 Å². The van der Waals surface area contributed by atoms with E-state index in [0.717, 1.165) is 12.1 Å². The summed E-state index contributed by atoms with van der Waals surface area (Å²) >= 11 is 0. The molecule has 1 unspecified atom stereocenters. The number of anilines is 2. The van der Waals surface area contributed by atoms with Gasteiger partial charge in [0.1, 0.15) is 28.4 Å². The molecule has 0 aliphatic carbocycles. The van der Waals surface area contributed by atoms with E-state index in [1.54, 1.807) is 50.2 Å². The van der Waals surface area contributed by atoms with Crippen molar-refractivity contribution in [3.63, 3.8) is 0 Å². The molecule has 39 heavy (non-hydrogen) atoms. The van der Waals surface area contributed by atoms with Crippen LogP contribution in [0.1, 0.15) is 33.4 Å². The molecule has 0 bridgehead atoms. The summed E-state index contributed by atoms with van der Waals surface area (Å²) in [5, 5.41) is 32.1. The van der Waals surface area contributed by atoms with Crippen LogP contribution in [0.2, 0.25) is 0 Å². The number of carbonyl (C=O) groups excluding carboxylic acids is 1. The van der Waals surface area contributed by atoms with Crippen LogP contribution in [0, 0.1) is 20.8 Å². The normalized spacial score (nSPS) is 16.9. The number of phenols is 3. The summed E-state index contributed by atoms with van der Waals surface area (Å²) in [5.41, 5.74) is 1.03. The largest absolute Gasteiger partial charge is 0.573 e. The standard InChI is InChI=1S/C30H24F3NO5/c1-16-13-19(14-17(2)26(16)36)29(23-11-12-25(35)18(3)27(23)37)22-9-4-5-10-24(22)34(28(29)38)20-7-6-8-21(15-20)39-30(31,32)33/h4-15,35-37H,1-3H3. The van der Waals surface area contributed by atoms with Crippen molar-refractivity contribution < 1.29 is 38.0 Å². The zero-order valence-corrected chi connectivity index (χ0v) is 21.2. The second-order valence-corrected chi connectivity index (χ2v) is 9.52. The number of aryl methyl sites for hydroxylation is 2. The number of nitrogens with zero attached hydrogens (tertiary/aromatic N) is 1. The molecule has 9 heteroatoms. The van der Waals surface area contributed by atoms with E-state index in [1.807, 2.05) is 0 Å². The number of hydrogen-bond donors (Lipinski definition) is 3. The van der Waals surface area contributed by atoms with Gasteiger partial charge in [0.15, 0.2) is 0 Å². The van der Waals surface area contributed by atoms with Gasteiger partial charge in [0.05, 0.1) is 11.4 Å².